The maximum Gasteiger partial charge on any atom is 0.524 e. The normalized spacial score (nSPS) is 16.6. The van der Waals surface area contributed by atoms with Crippen LogP contribution in [0.5, 0.6) is 11.5 Å². The van der Waals surface area contributed by atoms with Gasteiger partial charge < -0.3 is 28.4 Å². The molecular weight excluding hydrogens is 900 g/mol. The molecule has 358 valence electrons. The molecule has 21 heteroatoms. The van der Waals surface area contributed by atoms with Crippen LogP contribution in [-0.4, -0.2) is 90.7 Å². The molecule has 1 aliphatic heterocycles. The molecule has 0 aliphatic carbocycles. The van der Waals surface area contributed by atoms with Crippen molar-refractivity contribution in [3.05, 3.63) is 65.7 Å². The first kappa shape index (κ1) is 52.1. The Bertz CT molecular complexity index is 2460. The van der Waals surface area contributed by atoms with E-state index < -0.39 is 85.2 Å². The number of halogens is 3. The average molecular weight is 956 g/mol. The molecule has 1 heterocycles. The lowest BCUT2D eigenvalue weighted by molar-refractivity contribution is -0.0496. The number of carbonyl (C=O) groups is 4. The predicted octanol–water partition coefficient (Wildman–Crippen LogP) is 11.3. The topological polar surface area (TPSA) is 186 Å². The zero-order valence-electron chi connectivity index (χ0n) is 39.0. The minimum atomic E-state index is -6.41. The van der Waals surface area contributed by atoms with Crippen LogP contribution in [0.2, 0.25) is 0 Å². The summed E-state index contributed by atoms with van der Waals surface area (Å²) < 4.78 is 109. The number of fused-ring (bicyclic) bond motifs is 3. The van der Waals surface area contributed by atoms with Gasteiger partial charge in [-0.3, -0.25) is 0 Å². The third-order valence-electron chi connectivity index (χ3n) is 8.34. The van der Waals surface area contributed by atoms with Crippen LogP contribution in [0.4, 0.5) is 32.3 Å². The third kappa shape index (κ3) is 12.4. The molecule has 0 spiro atoms. The smallest absolute Gasteiger partial charge is 0.497 e. The highest BCUT2D eigenvalue weighted by molar-refractivity contribution is 8.33. The number of methoxy groups -OCH3 is 2. The molecule has 0 fully saturated rings. The standard InChI is InChI=1S/C44H56F3N3O13S2/c1-26-19-20-33-30(21-26)31-23-28(57-14)24-32(58-15)34(31)64(33,63-65(55,56)44(45,46)47)29-18-16-17-27(22-29)25-49(37(52)60-41(5,6)7)35(48-36(51)59-40(2,3)4)50(38(53)61-42(8,9)10)39(54)62-43(11,12)13/h16-24H,25H2,1-15H3/b48-35-. The van der Waals surface area contributed by atoms with Crippen LogP contribution in [-0.2, 0) is 39.2 Å². The van der Waals surface area contributed by atoms with Gasteiger partial charge in [-0.05, 0) is 136 Å². The molecule has 16 nitrogen and oxygen atoms in total. The molecule has 1 aliphatic rings. The second-order valence-corrected chi connectivity index (χ2v) is 23.0. The number of guanidine groups is 1. The summed E-state index contributed by atoms with van der Waals surface area (Å²) in [6.07, 6.45) is -5.55. The van der Waals surface area contributed by atoms with Gasteiger partial charge in [-0.25, -0.2) is 24.1 Å². The van der Waals surface area contributed by atoms with Crippen LogP contribution in [0, 0.1) is 6.92 Å². The van der Waals surface area contributed by atoms with Crippen LogP contribution in [0.1, 0.15) is 94.2 Å². The Kier molecular flexibility index (Phi) is 14.7. The molecule has 65 heavy (non-hydrogen) atoms. The summed E-state index contributed by atoms with van der Waals surface area (Å²) in [6.45, 7) is 19.0. The van der Waals surface area contributed by atoms with E-state index in [4.69, 9.17) is 32.1 Å². The number of rotatable bonds is 7. The number of imide groups is 1. The van der Waals surface area contributed by atoms with E-state index in [-0.39, 0.29) is 42.2 Å². The summed E-state index contributed by atoms with van der Waals surface area (Å²) in [7, 11) is -7.82. The van der Waals surface area contributed by atoms with Gasteiger partial charge >= 0.3 is 40.0 Å². The number of nitrogens with zero attached hydrogens (tertiary/aromatic N) is 3. The molecular formula is C44H56F3N3O13S2. The monoisotopic (exact) mass is 955 g/mol. The van der Waals surface area contributed by atoms with Gasteiger partial charge in [-0.2, -0.15) is 25.2 Å². The van der Waals surface area contributed by atoms with Crippen molar-refractivity contribution >= 4 is 50.8 Å². The number of hydrogen-bond donors (Lipinski definition) is 0. The zero-order valence-corrected chi connectivity index (χ0v) is 40.6. The Morgan fingerprint density at radius 2 is 1.22 bits per heavy atom. The van der Waals surface area contributed by atoms with Crippen LogP contribution in [0.25, 0.3) is 11.1 Å². The van der Waals surface area contributed by atoms with E-state index in [2.05, 4.69) is 4.99 Å². The van der Waals surface area contributed by atoms with Gasteiger partial charge in [0.2, 0.25) is 5.96 Å². The second-order valence-electron chi connectivity index (χ2n) is 18.6. The van der Waals surface area contributed by atoms with Crippen molar-refractivity contribution in [1.82, 2.24) is 9.80 Å². The van der Waals surface area contributed by atoms with Gasteiger partial charge in [0, 0.05) is 21.4 Å². The van der Waals surface area contributed by atoms with Crippen molar-refractivity contribution in [3.63, 3.8) is 0 Å². The Morgan fingerprint density at radius 3 is 1.71 bits per heavy atom. The lowest BCUT2D eigenvalue weighted by Gasteiger charge is -2.38. The lowest BCUT2D eigenvalue weighted by Crippen LogP contribution is -2.55. The van der Waals surface area contributed by atoms with E-state index >= 15 is 0 Å². The second kappa shape index (κ2) is 18.4. The largest absolute Gasteiger partial charge is 0.524 e. The quantitative estimate of drug-likeness (QED) is 0.0943. The molecule has 3 aromatic rings. The number of benzene rings is 3. The summed E-state index contributed by atoms with van der Waals surface area (Å²) in [5.74, 6) is -0.848. The first-order valence-electron chi connectivity index (χ1n) is 19.9. The van der Waals surface area contributed by atoms with Crippen molar-refractivity contribution < 1.29 is 72.8 Å². The van der Waals surface area contributed by atoms with Gasteiger partial charge in [0.05, 0.1) is 25.7 Å². The minimum absolute atomic E-state index is 0.00745. The number of aliphatic imine (C=N–C) groups is 1. The molecule has 3 aromatic carbocycles. The van der Waals surface area contributed by atoms with Crippen molar-refractivity contribution in [3.8, 4) is 22.6 Å². The van der Waals surface area contributed by atoms with Crippen molar-refractivity contribution in [2.45, 2.75) is 139 Å². The number of alkyl halides is 3. The Balaban J connectivity index is 2.15. The molecule has 1 atom stereocenters. The fraction of sp³-hybridized carbons (Fsp3) is 0.477. The van der Waals surface area contributed by atoms with E-state index in [1.807, 2.05) is 0 Å². The third-order valence-corrected chi connectivity index (χ3v) is 13.3. The number of amides is 4. The fourth-order valence-electron chi connectivity index (χ4n) is 6.08. The van der Waals surface area contributed by atoms with Crippen LogP contribution in [0.15, 0.2) is 74.3 Å². The summed E-state index contributed by atoms with van der Waals surface area (Å²) in [6, 6.07) is 13.0. The highest BCUT2D eigenvalue weighted by atomic mass is 32.3. The Hall–Kier alpha value is -5.54. The van der Waals surface area contributed by atoms with Crippen LogP contribution in [0.3, 0.4) is 0 Å². The first-order valence-corrected chi connectivity index (χ1v) is 22.9. The van der Waals surface area contributed by atoms with E-state index in [9.17, 15) is 40.8 Å². The SMILES string of the molecule is COc1cc(OC)c2c(c1)-c1cc(C)ccc1S2(OS(=O)(=O)C(F)(F)F)c1cccc(CN(C(=O)OC(C)(C)C)/C(=N/C(=O)OC(C)(C)C)N(C(=O)OC(C)(C)C)C(=O)OC(C)(C)C)c1. The van der Waals surface area contributed by atoms with Gasteiger partial charge in [0.25, 0.3) is 0 Å². The summed E-state index contributed by atoms with van der Waals surface area (Å²) in [5, 5.41) is 0. The van der Waals surface area contributed by atoms with Gasteiger partial charge in [-0.1, -0.05) is 29.8 Å². The molecule has 1 unspecified atom stereocenters. The minimum Gasteiger partial charge on any atom is -0.497 e. The van der Waals surface area contributed by atoms with Crippen LogP contribution >= 0.6 is 10.3 Å². The molecule has 4 rings (SSSR count). The fourth-order valence-corrected chi connectivity index (χ4v) is 11.3. The highest BCUT2D eigenvalue weighted by Crippen LogP contribution is 2.79. The zero-order chi connectivity index (χ0) is 49.5. The predicted molar refractivity (Wildman–Crippen MR) is 234 cm³/mol. The van der Waals surface area contributed by atoms with Crippen molar-refractivity contribution in [1.29, 1.82) is 0 Å². The van der Waals surface area contributed by atoms with E-state index in [1.54, 1.807) is 19.1 Å². The summed E-state index contributed by atoms with van der Waals surface area (Å²) in [4.78, 5) is 61.0. The van der Waals surface area contributed by atoms with Gasteiger partial charge in [-0.15, -0.1) is 9.89 Å². The molecule has 0 bridgehead atoms. The molecule has 0 N–H and O–H groups in total. The van der Waals surface area contributed by atoms with Gasteiger partial charge in [0.15, 0.2) is 0 Å². The Labute approximate surface area is 378 Å². The maximum absolute atomic E-state index is 14.5. The lowest BCUT2D eigenvalue weighted by atomic mass is 10.0. The molecule has 0 aromatic heterocycles. The molecule has 4 amide bonds. The summed E-state index contributed by atoms with van der Waals surface area (Å²) in [5.41, 5.74) is -9.65. The number of hydrogen-bond acceptors (Lipinski definition) is 13. The highest BCUT2D eigenvalue weighted by Gasteiger charge is 2.56. The van der Waals surface area contributed by atoms with Crippen molar-refractivity contribution in [2.24, 2.45) is 4.99 Å². The number of ether oxygens (including phenoxy) is 6. The van der Waals surface area contributed by atoms with E-state index in [0.717, 1.165) is 0 Å². The first-order chi connectivity index (χ1) is 29.5. The number of aryl methyl sites for hydroxylation is 1. The maximum atomic E-state index is 14.5. The Morgan fingerprint density at radius 1 is 0.677 bits per heavy atom. The molecule has 0 saturated heterocycles. The number of carbonyl (C=O) groups excluding carboxylic acids is 4. The van der Waals surface area contributed by atoms with E-state index in [1.165, 1.54) is 140 Å². The van der Waals surface area contributed by atoms with Crippen LogP contribution < -0.4 is 9.47 Å². The molecule has 0 saturated carbocycles. The average Bonchev–Trinajstić information content (AvgIpc) is 3.38. The molecule has 0 radical (unpaired) electrons. The van der Waals surface area contributed by atoms with Crippen molar-refractivity contribution in [2.75, 3.05) is 14.2 Å². The van der Waals surface area contributed by atoms with Gasteiger partial charge in [0.1, 0.15) is 33.9 Å². The van der Waals surface area contributed by atoms with E-state index in [0.29, 0.717) is 16.0 Å². The summed E-state index contributed by atoms with van der Waals surface area (Å²) >= 11 is 0.